The molecule has 0 aromatic heterocycles. The number of likely N-dealkylation sites (tertiary alicyclic amines) is 1. The molecule has 1 unspecified atom stereocenters. The standard InChI is InChI=1S/C12H13BrFNO2/c13-10-3-9(4-11(14)5-10)12(17)15-2-1-8(6-15)7-16/h3-5,8,16H,1-2,6-7H2. The average Bonchev–Trinajstić information content (AvgIpc) is 2.75. The predicted octanol–water partition coefficient (Wildman–Crippen LogP) is 2.04. The fourth-order valence-electron chi connectivity index (χ4n) is 2.03. The molecule has 0 aliphatic carbocycles. The number of nitrogens with zero attached hydrogens (tertiary/aromatic N) is 1. The Kier molecular flexibility index (Phi) is 3.79. The first-order chi connectivity index (χ1) is 8.10. The first-order valence-corrected chi connectivity index (χ1v) is 6.25. The number of hydrogen-bond donors (Lipinski definition) is 1. The number of rotatable bonds is 2. The number of hydrogen-bond acceptors (Lipinski definition) is 2. The molecule has 1 atom stereocenters. The van der Waals surface area contributed by atoms with Crippen molar-refractivity contribution in [3.63, 3.8) is 0 Å². The lowest BCUT2D eigenvalue weighted by Gasteiger charge is -2.16. The van der Waals surface area contributed by atoms with Gasteiger partial charge in [0.25, 0.3) is 5.91 Å². The number of aliphatic hydroxyl groups is 1. The van der Waals surface area contributed by atoms with Gasteiger partial charge in [-0.15, -0.1) is 0 Å². The van der Waals surface area contributed by atoms with Gasteiger partial charge < -0.3 is 10.0 Å². The third-order valence-electron chi connectivity index (χ3n) is 2.94. The molecule has 3 nitrogen and oxygen atoms in total. The lowest BCUT2D eigenvalue weighted by molar-refractivity contribution is 0.0781. The van der Waals surface area contributed by atoms with Crippen molar-refractivity contribution in [1.82, 2.24) is 4.90 Å². The van der Waals surface area contributed by atoms with E-state index in [1.807, 2.05) is 0 Å². The number of aliphatic hydroxyl groups excluding tert-OH is 1. The molecule has 1 aromatic rings. The lowest BCUT2D eigenvalue weighted by Crippen LogP contribution is -2.29. The summed E-state index contributed by atoms with van der Waals surface area (Å²) in [5, 5.41) is 9.02. The normalized spacial score (nSPS) is 19.7. The monoisotopic (exact) mass is 301 g/mol. The molecule has 17 heavy (non-hydrogen) atoms. The molecule has 0 bridgehead atoms. The number of carbonyl (C=O) groups excluding carboxylic acids is 1. The van der Waals surface area contributed by atoms with Crippen LogP contribution in [0.15, 0.2) is 22.7 Å². The fourth-order valence-corrected chi connectivity index (χ4v) is 2.49. The Morgan fingerprint density at radius 3 is 2.88 bits per heavy atom. The third kappa shape index (κ3) is 2.84. The zero-order chi connectivity index (χ0) is 12.4. The van der Waals surface area contributed by atoms with Gasteiger partial charge in [0.1, 0.15) is 5.82 Å². The summed E-state index contributed by atoms with van der Waals surface area (Å²) in [4.78, 5) is 13.7. The van der Waals surface area contributed by atoms with Gasteiger partial charge in [-0.2, -0.15) is 0 Å². The van der Waals surface area contributed by atoms with Crippen molar-refractivity contribution in [2.45, 2.75) is 6.42 Å². The van der Waals surface area contributed by atoms with Crippen molar-refractivity contribution in [3.8, 4) is 0 Å². The van der Waals surface area contributed by atoms with Crippen molar-refractivity contribution in [1.29, 1.82) is 0 Å². The second-order valence-electron chi connectivity index (χ2n) is 4.25. The third-order valence-corrected chi connectivity index (χ3v) is 3.40. The van der Waals surface area contributed by atoms with Crippen molar-refractivity contribution >= 4 is 21.8 Å². The van der Waals surface area contributed by atoms with E-state index in [0.29, 0.717) is 23.1 Å². The van der Waals surface area contributed by atoms with E-state index in [2.05, 4.69) is 15.9 Å². The van der Waals surface area contributed by atoms with Gasteiger partial charge in [0.15, 0.2) is 0 Å². The zero-order valence-corrected chi connectivity index (χ0v) is 10.8. The molecule has 1 heterocycles. The van der Waals surface area contributed by atoms with Gasteiger partial charge >= 0.3 is 0 Å². The van der Waals surface area contributed by atoms with Crippen LogP contribution in [0.1, 0.15) is 16.8 Å². The lowest BCUT2D eigenvalue weighted by atomic mass is 10.1. The molecule has 5 heteroatoms. The maximum Gasteiger partial charge on any atom is 0.254 e. The van der Waals surface area contributed by atoms with Gasteiger partial charge in [-0.25, -0.2) is 4.39 Å². The SMILES string of the molecule is O=C(c1cc(F)cc(Br)c1)N1CCC(CO)C1. The molecule has 2 rings (SSSR count). The summed E-state index contributed by atoms with van der Waals surface area (Å²) in [7, 11) is 0. The molecule has 1 aliphatic heterocycles. The molecular weight excluding hydrogens is 289 g/mol. The molecule has 1 aromatic carbocycles. The second-order valence-corrected chi connectivity index (χ2v) is 5.16. The predicted molar refractivity (Wildman–Crippen MR) is 65.2 cm³/mol. The minimum absolute atomic E-state index is 0.0939. The van der Waals surface area contributed by atoms with Gasteiger partial charge in [-0.3, -0.25) is 4.79 Å². The molecule has 0 spiro atoms. The van der Waals surface area contributed by atoms with Crippen molar-refractivity contribution in [2.24, 2.45) is 5.92 Å². The van der Waals surface area contributed by atoms with Gasteiger partial charge in [-0.05, 0) is 24.6 Å². The number of carbonyl (C=O) groups is 1. The van der Waals surface area contributed by atoms with Crippen molar-refractivity contribution in [3.05, 3.63) is 34.1 Å². The van der Waals surface area contributed by atoms with Crippen LogP contribution < -0.4 is 0 Å². The quantitative estimate of drug-likeness (QED) is 0.908. The van der Waals surface area contributed by atoms with Crippen LogP contribution in [-0.4, -0.2) is 35.6 Å². The smallest absolute Gasteiger partial charge is 0.254 e. The minimum Gasteiger partial charge on any atom is -0.396 e. The first-order valence-electron chi connectivity index (χ1n) is 5.46. The topological polar surface area (TPSA) is 40.5 Å². The molecule has 1 amide bonds. The van der Waals surface area contributed by atoms with Crippen LogP contribution in [-0.2, 0) is 0 Å². The van der Waals surface area contributed by atoms with E-state index in [4.69, 9.17) is 5.11 Å². The van der Waals surface area contributed by atoms with Gasteiger partial charge in [-0.1, -0.05) is 15.9 Å². The summed E-state index contributed by atoms with van der Waals surface area (Å²) >= 11 is 3.16. The summed E-state index contributed by atoms with van der Waals surface area (Å²) in [5.41, 5.74) is 0.343. The van der Waals surface area contributed by atoms with Gasteiger partial charge in [0.05, 0.1) is 0 Å². The van der Waals surface area contributed by atoms with Crippen LogP contribution in [0.3, 0.4) is 0 Å². The number of halogens is 2. The van der Waals surface area contributed by atoms with Gasteiger partial charge in [0, 0.05) is 35.7 Å². The van der Waals surface area contributed by atoms with Crippen molar-refractivity contribution < 1.29 is 14.3 Å². The largest absolute Gasteiger partial charge is 0.396 e. The molecule has 1 saturated heterocycles. The Balaban J connectivity index is 2.14. The van der Waals surface area contributed by atoms with E-state index < -0.39 is 5.82 Å². The van der Waals surface area contributed by atoms with Crippen LogP contribution in [0.5, 0.6) is 0 Å². The van der Waals surface area contributed by atoms with Crippen LogP contribution >= 0.6 is 15.9 Å². The molecule has 1 fully saturated rings. The van der Waals surface area contributed by atoms with Crippen LogP contribution in [0.4, 0.5) is 4.39 Å². The fraction of sp³-hybridized carbons (Fsp3) is 0.417. The van der Waals surface area contributed by atoms with Crippen molar-refractivity contribution in [2.75, 3.05) is 19.7 Å². The van der Waals surface area contributed by atoms with Crippen LogP contribution in [0.2, 0.25) is 0 Å². The summed E-state index contributed by atoms with van der Waals surface area (Å²) in [6.45, 7) is 1.26. The Labute approximate surface area is 107 Å². The molecule has 0 radical (unpaired) electrons. The molecule has 0 saturated carbocycles. The minimum atomic E-state index is -0.430. The number of benzene rings is 1. The Bertz CT molecular complexity index is 418. The highest BCUT2D eigenvalue weighted by Crippen LogP contribution is 2.21. The number of amides is 1. The van der Waals surface area contributed by atoms with E-state index in [9.17, 15) is 9.18 Å². The second kappa shape index (κ2) is 5.14. The van der Waals surface area contributed by atoms with Crippen LogP contribution in [0.25, 0.3) is 0 Å². The summed E-state index contributed by atoms with van der Waals surface area (Å²) in [6.07, 6.45) is 0.804. The maximum absolute atomic E-state index is 13.2. The highest BCUT2D eigenvalue weighted by molar-refractivity contribution is 9.10. The van der Waals surface area contributed by atoms with Gasteiger partial charge in [0.2, 0.25) is 0 Å². The van der Waals surface area contributed by atoms with E-state index in [0.717, 1.165) is 6.42 Å². The first kappa shape index (κ1) is 12.5. The average molecular weight is 302 g/mol. The summed E-state index contributed by atoms with van der Waals surface area (Å²) < 4.78 is 13.7. The molecule has 1 N–H and O–H groups in total. The zero-order valence-electron chi connectivity index (χ0n) is 9.20. The van der Waals surface area contributed by atoms with E-state index >= 15 is 0 Å². The maximum atomic E-state index is 13.2. The highest BCUT2D eigenvalue weighted by atomic mass is 79.9. The van der Waals surface area contributed by atoms with E-state index in [1.165, 1.54) is 12.1 Å². The van der Waals surface area contributed by atoms with E-state index in [-0.39, 0.29) is 18.4 Å². The summed E-state index contributed by atoms with van der Waals surface area (Å²) in [5.74, 6) is -0.460. The Morgan fingerprint density at radius 1 is 1.53 bits per heavy atom. The van der Waals surface area contributed by atoms with E-state index in [1.54, 1.807) is 11.0 Å². The molecular formula is C12H13BrFNO2. The Hall–Kier alpha value is -0.940. The molecule has 92 valence electrons. The van der Waals surface area contributed by atoms with Crippen LogP contribution in [0, 0.1) is 11.7 Å². The highest BCUT2D eigenvalue weighted by Gasteiger charge is 2.26. The molecule has 1 aliphatic rings. The Morgan fingerprint density at radius 2 is 2.29 bits per heavy atom. The summed E-state index contributed by atoms with van der Waals surface area (Å²) in [6, 6.07) is 4.16.